The maximum atomic E-state index is 11.9. The van der Waals surface area contributed by atoms with Crippen LogP contribution in [0.1, 0.15) is 5.56 Å². The monoisotopic (exact) mass is 210 g/mol. The van der Waals surface area contributed by atoms with Gasteiger partial charge in [0, 0.05) is 6.20 Å². The summed E-state index contributed by atoms with van der Waals surface area (Å²) < 4.78 is 35.8. The molecule has 0 saturated carbocycles. The second-order valence-corrected chi connectivity index (χ2v) is 2.16. The van der Waals surface area contributed by atoms with Gasteiger partial charge in [-0.05, 0) is 11.7 Å². The summed E-state index contributed by atoms with van der Waals surface area (Å²) in [5.41, 5.74) is -0.798. The van der Waals surface area contributed by atoms with Gasteiger partial charge in [0.2, 0.25) is 0 Å². The van der Waals surface area contributed by atoms with E-state index in [0.29, 0.717) is 0 Å². The molecular formula is C6H3BF3KN2. The minimum absolute atomic E-state index is 0. The van der Waals surface area contributed by atoms with Gasteiger partial charge < -0.3 is 12.9 Å². The van der Waals surface area contributed by atoms with Gasteiger partial charge in [-0.3, -0.25) is 4.98 Å². The molecule has 0 saturated heterocycles. The van der Waals surface area contributed by atoms with Crippen LogP contribution in [0.25, 0.3) is 0 Å². The SMILES string of the molecule is N#Cc1ccc([B-](F)(F)F)nc1.[K+]. The number of aromatic nitrogens is 1. The number of nitriles is 1. The summed E-state index contributed by atoms with van der Waals surface area (Å²) in [4.78, 5) is 3.10. The Balaban J connectivity index is 0.00000144. The number of hydrogen-bond acceptors (Lipinski definition) is 2. The van der Waals surface area contributed by atoms with E-state index >= 15 is 0 Å². The van der Waals surface area contributed by atoms with Gasteiger partial charge in [-0.25, -0.2) is 0 Å². The Morgan fingerprint density at radius 1 is 1.31 bits per heavy atom. The molecule has 1 aromatic rings. The van der Waals surface area contributed by atoms with Crippen LogP contribution >= 0.6 is 0 Å². The molecule has 13 heavy (non-hydrogen) atoms. The summed E-state index contributed by atoms with van der Waals surface area (Å²) in [5.74, 6) is 0. The fourth-order valence-corrected chi connectivity index (χ4v) is 0.665. The number of hydrogen-bond donors (Lipinski definition) is 0. The zero-order valence-corrected chi connectivity index (χ0v) is 9.96. The second kappa shape index (κ2) is 5.12. The van der Waals surface area contributed by atoms with Gasteiger partial charge in [-0.2, -0.15) is 5.26 Å². The third-order valence-corrected chi connectivity index (χ3v) is 1.25. The average molecular weight is 210 g/mol. The molecule has 0 atom stereocenters. The fraction of sp³-hybridized carbons (Fsp3) is 0. The summed E-state index contributed by atoms with van der Waals surface area (Å²) in [6, 6.07) is 3.58. The van der Waals surface area contributed by atoms with Crippen molar-refractivity contribution in [3.63, 3.8) is 0 Å². The molecule has 0 aliphatic heterocycles. The van der Waals surface area contributed by atoms with Crippen molar-refractivity contribution in [1.82, 2.24) is 4.98 Å². The normalized spacial score (nSPS) is 10.0. The van der Waals surface area contributed by atoms with E-state index in [2.05, 4.69) is 4.98 Å². The molecule has 2 nitrogen and oxygen atoms in total. The third kappa shape index (κ3) is 3.79. The van der Waals surface area contributed by atoms with Gasteiger partial charge in [0.25, 0.3) is 0 Å². The van der Waals surface area contributed by atoms with Crippen LogP contribution in [0, 0.1) is 11.3 Å². The molecule has 7 heteroatoms. The van der Waals surface area contributed by atoms with E-state index in [1.165, 1.54) is 0 Å². The Labute approximate surface area is 116 Å². The van der Waals surface area contributed by atoms with Crippen LogP contribution in [-0.4, -0.2) is 12.0 Å². The van der Waals surface area contributed by atoms with Gasteiger partial charge in [-0.15, -0.1) is 0 Å². The van der Waals surface area contributed by atoms with E-state index in [9.17, 15) is 12.9 Å². The second-order valence-electron chi connectivity index (χ2n) is 2.16. The fourth-order valence-electron chi connectivity index (χ4n) is 0.665. The van der Waals surface area contributed by atoms with Gasteiger partial charge >= 0.3 is 58.4 Å². The number of rotatable bonds is 1. The van der Waals surface area contributed by atoms with E-state index in [4.69, 9.17) is 5.26 Å². The molecule has 0 N–H and O–H groups in total. The van der Waals surface area contributed by atoms with Crippen molar-refractivity contribution >= 4 is 12.6 Å². The van der Waals surface area contributed by atoms with Crippen LogP contribution in [0.2, 0.25) is 0 Å². The van der Waals surface area contributed by atoms with E-state index in [1.807, 2.05) is 0 Å². The Morgan fingerprint density at radius 2 is 1.92 bits per heavy atom. The Morgan fingerprint density at radius 3 is 2.23 bits per heavy atom. The number of nitrogens with zero attached hydrogens (tertiary/aromatic N) is 2. The van der Waals surface area contributed by atoms with Crippen molar-refractivity contribution in [2.75, 3.05) is 0 Å². The zero-order valence-electron chi connectivity index (χ0n) is 6.84. The van der Waals surface area contributed by atoms with Gasteiger partial charge in [-0.1, -0.05) is 6.07 Å². The summed E-state index contributed by atoms with van der Waals surface area (Å²) in [6.45, 7) is -5.05. The van der Waals surface area contributed by atoms with Crippen molar-refractivity contribution in [1.29, 1.82) is 5.26 Å². The maximum absolute atomic E-state index is 11.9. The summed E-state index contributed by atoms with van der Waals surface area (Å²) in [6.07, 6.45) is 0.907. The van der Waals surface area contributed by atoms with E-state index in [0.717, 1.165) is 18.3 Å². The summed E-state index contributed by atoms with van der Waals surface area (Å²) >= 11 is 0. The molecule has 0 aromatic carbocycles. The molecule has 0 fully saturated rings. The van der Waals surface area contributed by atoms with Crippen LogP contribution in [0.15, 0.2) is 18.3 Å². The Kier molecular flexibility index (Phi) is 5.17. The first-order valence-electron chi connectivity index (χ1n) is 3.10. The van der Waals surface area contributed by atoms with Gasteiger partial charge in [0.15, 0.2) is 0 Å². The van der Waals surface area contributed by atoms with Gasteiger partial charge in [0.1, 0.15) is 6.07 Å². The minimum Gasteiger partial charge on any atom is -0.444 e. The quantitative estimate of drug-likeness (QED) is 0.503. The largest absolute Gasteiger partial charge is 1.00 e. The zero-order chi connectivity index (χ0) is 9.19. The van der Waals surface area contributed by atoms with Crippen LogP contribution in [0.3, 0.4) is 0 Å². The molecule has 0 unspecified atom stereocenters. The van der Waals surface area contributed by atoms with Crippen molar-refractivity contribution in [2.45, 2.75) is 0 Å². The Hall–Kier alpha value is 0.131. The summed E-state index contributed by atoms with van der Waals surface area (Å²) in [7, 11) is 0. The molecule has 0 radical (unpaired) electrons. The summed E-state index contributed by atoms with van der Waals surface area (Å²) in [5, 5.41) is 8.27. The van der Waals surface area contributed by atoms with Gasteiger partial charge in [0.05, 0.1) is 5.56 Å². The first kappa shape index (κ1) is 13.1. The van der Waals surface area contributed by atoms with E-state index < -0.39 is 12.6 Å². The van der Waals surface area contributed by atoms with Crippen molar-refractivity contribution < 1.29 is 64.3 Å². The smallest absolute Gasteiger partial charge is 0.444 e. The standard InChI is InChI=1S/C6H3BF3N2.K/c8-7(9,10)6-2-1-5(3-11)4-12-6;/h1-2,4H;/q-1;+1. The predicted octanol–water partition coefficient (Wildman–Crippen LogP) is -1.99. The average Bonchev–Trinajstić information content (AvgIpc) is 2.03. The predicted molar refractivity (Wildman–Crippen MR) is 37.7 cm³/mol. The molecule has 1 heterocycles. The van der Waals surface area contributed by atoms with Crippen molar-refractivity contribution in [3.8, 4) is 6.07 Å². The number of halogens is 3. The number of pyridine rings is 1. The molecular weight excluding hydrogens is 207 g/mol. The van der Waals surface area contributed by atoms with E-state index in [1.54, 1.807) is 6.07 Å². The van der Waals surface area contributed by atoms with E-state index in [-0.39, 0.29) is 56.9 Å². The molecule has 62 valence electrons. The molecule has 0 spiro atoms. The maximum Gasteiger partial charge on any atom is 1.00 e. The molecule has 0 bridgehead atoms. The molecule has 0 aliphatic carbocycles. The molecule has 0 amide bonds. The third-order valence-electron chi connectivity index (χ3n) is 1.25. The van der Waals surface area contributed by atoms with Crippen LogP contribution in [0.4, 0.5) is 12.9 Å². The van der Waals surface area contributed by atoms with Crippen molar-refractivity contribution in [2.24, 2.45) is 0 Å². The van der Waals surface area contributed by atoms with Crippen molar-refractivity contribution in [3.05, 3.63) is 23.9 Å². The molecule has 1 rings (SSSR count). The molecule has 0 aliphatic rings. The topological polar surface area (TPSA) is 36.7 Å². The first-order valence-corrected chi connectivity index (χ1v) is 3.10. The van der Waals surface area contributed by atoms with Crippen LogP contribution in [0.5, 0.6) is 0 Å². The Bertz CT molecular complexity index is 316. The minimum atomic E-state index is -5.05. The first-order chi connectivity index (χ1) is 5.54. The van der Waals surface area contributed by atoms with Crippen LogP contribution in [-0.2, 0) is 0 Å². The van der Waals surface area contributed by atoms with Crippen LogP contribution < -0.4 is 57.0 Å². The molecule has 1 aromatic heterocycles.